The first-order valence-corrected chi connectivity index (χ1v) is 9.17. The molecule has 1 amide bonds. The largest absolute Gasteiger partial charge is 0.338 e. The number of likely N-dealkylation sites (N-methyl/N-ethyl adjacent to an activating group) is 1. The predicted octanol–water partition coefficient (Wildman–Crippen LogP) is 3.68. The number of thiophene rings is 1. The molecular weight excluding hydrogens is 328 g/mol. The minimum Gasteiger partial charge on any atom is -0.338 e. The maximum atomic E-state index is 12.7. The summed E-state index contributed by atoms with van der Waals surface area (Å²) in [5.74, 6) is 0.0573. The van der Waals surface area contributed by atoms with Crippen molar-refractivity contribution in [2.75, 3.05) is 7.05 Å². The molecular formula is C16H18N4OS2. The Kier molecular flexibility index (Phi) is 4.88. The van der Waals surface area contributed by atoms with Gasteiger partial charge in [-0.25, -0.2) is 4.98 Å². The van der Waals surface area contributed by atoms with Crippen LogP contribution in [0.2, 0.25) is 0 Å². The Bertz CT molecular complexity index is 749. The molecule has 7 heteroatoms. The van der Waals surface area contributed by atoms with Crippen LogP contribution in [0.25, 0.3) is 9.88 Å². The maximum absolute atomic E-state index is 12.7. The van der Waals surface area contributed by atoms with Gasteiger partial charge in [0.1, 0.15) is 11.0 Å². The number of aromatic nitrogens is 3. The van der Waals surface area contributed by atoms with Gasteiger partial charge in [0.25, 0.3) is 0 Å². The molecule has 0 aliphatic carbocycles. The van der Waals surface area contributed by atoms with E-state index in [0.29, 0.717) is 13.0 Å². The zero-order valence-corrected chi connectivity index (χ0v) is 14.7. The Morgan fingerprint density at radius 1 is 1.39 bits per heavy atom. The monoisotopic (exact) mass is 346 g/mol. The van der Waals surface area contributed by atoms with Crippen LogP contribution in [-0.2, 0) is 11.3 Å². The third-order valence-electron chi connectivity index (χ3n) is 3.58. The van der Waals surface area contributed by atoms with Gasteiger partial charge in [-0.15, -0.1) is 22.7 Å². The van der Waals surface area contributed by atoms with Crippen LogP contribution in [-0.4, -0.2) is 32.6 Å². The fourth-order valence-corrected chi connectivity index (χ4v) is 4.03. The second-order valence-corrected chi connectivity index (χ2v) is 7.03. The van der Waals surface area contributed by atoms with Crippen molar-refractivity contribution in [3.8, 4) is 9.88 Å². The molecule has 0 saturated carbocycles. The molecule has 3 aromatic rings. The van der Waals surface area contributed by atoms with Gasteiger partial charge in [-0.2, -0.15) is 5.10 Å². The van der Waals surface area contributed by atoms with Gasteiger partial charge in [-0.3, -0.25) is 9.48 Å². The van der Waals surface area contributed by atoms with E-state index in [2.05, 4.69) is 16.1 Å². The molecule has 3 aromatic heterocycles. The highest BCUT2D eigenvalue weighted by molar-refractivity contribution is 7.20. The standard InChI is InChI=1S/C16H18N4OS2/c1-3-13(20-8-5-7-17-20)16(21)19(2)10-12-11-23-15(18-12)14-6-4-9-22-14/h4-9,11,13H,3,10H2,1-2H3/t13-/m0/s1. The van der Waals surface area contributed by atoms with E-state index in [4.69, 9.17) is 0 Å². The topological polar surface area (TPSA) is 51.0 Å². The lowest BCUT2D eigenvalue weighted by molar-refractivity contribution is -0.134. The molecule has 0 aliphatic rings. The van der Waals surface area contributed by atoms with Crippen molar-refractivity contribution >= 4 is 28.6 Å². The molecule has 3 heterocycles. The second-order valence-electron chi connectivity index (χ2n) is 5.23. The van der Waals surface area contributed by atoms with Crippen LogP contribution < -0.4 is 0 Å². The van der Waals surface area contributed by atoms with Gasteiger partial charge in [0.05, 0.1) is 17.1 Å². The minimum atomic E-state index is -0.259. The fourth-order valence-electron chi connectivity index (χ4n) is 2.41. The number of thiazole rings is 1. The summed E-state index contributed by atoms with van der Waals surface area (Å²) in [5, 5.41) is 9.27. The summed E-state index contributed by atoms with van der Waals surface area (Å²) >= 11 is 3.29. The summed E-state index contributed by atoms with van der Waals surface area (Å²) in [4.78, 5) is 20.2. The summed E-state index contributed by atoms with van der Waals surface area (Å²) in [5.41, 5.74) is 0.921. The zero-order chi connectivity index (χ0) is 16.2. The Morgan fingerprint density at radius 2 is 2.26 bits per heavy atom. The van der Waals surface area contributed by atoms with Crippen LogP contribution in [0.1, 0.15) is 25.1 Å². The van der Waals surface area contributed by atoms with E-state index in [0.717, 1.165) is 10.7 Å². The van der Waals surface area contributed by atoms with Crippen molar-refractivity contribution in [3.63, 3.8) is 0 Å². The molecule has 120 valence electrons. The smallest absolute Gasteiger partial charge is 0.247 e. The average Bonchev–Trinajstić information content (AvgIpc) is 3.29. The van der Waals surface area contributed by atoms with Crippen molar-refractivity contribution in [1.29, 1.82) is 0 Å². The average molecular weight is 346 g/mol. The predicted molar refractivity (Wildman–Crippen MR) is 93.5 cm³/mol. The van der Waals surface area contributed by atoms with Crippen molar-refractivity contribution in [2.24, 2.45) is 0 Å². The molecule has 0 N–H and O–H groups in total. The first-order valence-electron chi connectivity index (χ1n) is 7.41. The SMILES string of the molecule is CC[C@@H](C(=O)N(C)Cc1csc(-c2cccs2)n1)n1cccn1. The second kappa shape index (κ2) is 7.06. The Hall–Kier alpha value is -1.99. The molecule has 0 unspecified atom stereocenters. The van der Waals surface area contributed by atoms with Gasteiger partial charge in [0.2, 0.25) is 5.91 Å². The molecule has 0 bridgehead atoms. The molecule has 0 radical (unpaired) electrons. The van der Waals surface area contributed by atoms with E-state index in [1.54, 1.807) is 38.5 Å². The zero-order valence-electron chi connectivity index (χ0n) is 13.0. The van der Waals surface area contributed by atoms with Gasteiger partial charge >= 0.3 is 0 Å². The van der Waals surface area contributed by atoms with Crippen molar-refractivity contribution in [2.45, 2.75) is 25.9 Å². The number of nitrogens with zero attached hydrogens (tertiary/aromatic N) is 4. The van der Waals surface area contributed by atoms with Crippen molar-refractivity contribution in [3.05, 3.63) is 47.0 Å². The lowest BCUT2D eigenvalue weighted by atomic mass is 10.2. The van der Waals surface area contributed by atoms with E-state index in [-0.39, 0.29) is 11.9 Å². The Balaban J connectivity index is 1.69. The maximum Gasteiger partial charge on any atom is 0.247 e. The van der Waals surface area contributed by atoms with E-state index in [1.165, 1.54) is 4.88 Å². The highest BCUT2D eigenvalue weighted by Crippen LogP contribution is 2.28. The third-order valence-corrected chi connectivity index (χ3v) is 5.51. The normalized spacial score (nSPS) is 12.3. The first-order chi connectivity index (χ1) is 11.2. The lowest BCUT2D eigenvalue weighted by Crippen LogP contribution is -2.34. The molecule has 0 saturated heterocycles. The number of hydrogen-bond acceptors (Lipinski definition) is 5. The summed E-state index contributed by atoms with van der Waals surface area (Å²) in [6.45, 7) is 2.51. The highest BCUT2D eigenvalue weighted by Gasteiger charge is 2.23. The number of carbonyl (C=O) groups excluding carboxylic acids is 1. The van der Waals surface area contributed by atoms with Gasteiger partial charge in [-0.1, -0.05) is 13.0 Å². The van der Waals surface area contributed by atoms with E-state index < -0.39 is 0 Å². The summed E-state index contributed by atoms with van der Waals surface area (Å²) in [6.07, 6.45) is 4.24. The molecule has 0 aliphatic heterocycles. The van der Waals surface area contributed by atoms with Crippen LogP contribution in [0.3, 0.4) is 0 Å². The van der Waals surface area contributed by atoms with Crippen LogP contribution in [0.15, 0.2) is 41.4 Å². The summed E-state index contributed by atoms with van der Waals surface area (Å²) in [6, 6.07) is 5.66. The van der Waals surface area contributed by atoms with Gasteiger partial charge in [-0.05, 0) is 23.9 Å². The van der Waals surface area contributed by atoms with Crippen LogP contribution in [0, 0.1) is 0 Å². The molecule has 5 nitrogen and oxygen atoms in total. The minimum absolute atomic E-state index is 0.0573. The van der Waals surface area contributed by atoms with E-state index >= 15 is 0 Å². The number of carbonyl (C=O) groups is 1. The Morgan fingerprint density at radius 3 is 2.91 bits per heavy atom. The van der Waals surface area contributed by atoms with Crippen molar-refractivity contribution in [1.82, 2.24) is 19.7 Å². The van der Waals surface area contributed by atoms with E-state index in [1.807, 2.05) is 43.1 Å². The molecule has 3 rings (SSSR count). The molecule has 23 heavy (non-hydrogen) atoms. The molecule has 0 aromatic carbocycles. The first kappa shape index (κ1) is 15.9. The quantitative estimate of drug-likeness (QED) is 0.684. The Labute approximate surface area is 143 Å². The number of rotatable bonds is 6. The molecule has 1 atom stereocenters. The van der Waals surface area contributed by atoms with E-state index in [9.17, 15) is 4.79 Å². The summed E-state index contributed by atoms with van der Waals surface area (Å²) in [7, 11) is 1.82. The lowest BCUT2D eigenvalue weighted by Gasteiger charge is -2.22. The molecule has 0 spiro atoms. The highest BCUT2D eigenvalue weighted by atomic mass is 32.1. The number of amides is 1. The molecule has 0 fully saturated rings. The van der Waals surface area contributed by atoms with Gasteiger partial charge in [0, 0.05) is 24.8 Å². The van der Waals surface area contributed by atoms with Gasteiger partial charge in [0.15, 0.2) is 0 Å². The van der Waals surface area contributed by atoms with Gasteiger partial charge < -0.3 is 4.90 Å². The number of hydrogen-bond donors (Lipinski definition) is 0. The van der Waals surface area contributed by atoms with Crippen LogP contribution >= 0.6 is 22.7 Å². The van der Waals surface area contributed by atoms with Crippen LogP contribution in [0.5, 0.6) is 0 Å². The fraction of sp³-hybridized carbons (Fsp3) is 0.312. The third kappa shape index (κ3) is 3.51. The summed E-state index contributed by atoms with van der Waals surface area (Å²) < 4.78 is 1.72. The van der Waals surface area contributed by atoms with Crippen LogP contribution in [0.4, 0.5) is 0 Å². The van der Waals surface area contributed by atoms with Crippen molar-refractivity contribution < 1.29 is 4.79 Å².